The summed E-state index contributed by atoms with van der Waals surface area (Å²) in [5.41, 5.74) is 2.71. The van der Waals surface area contributed by atoms with Gasteiger partial charge in [0, 0.05) is 4.47 Å². The molecule has 3 rings (SSSR count). The molecule has 0 unspecified atom stereocenters. The van der Waals surface area contributed by atoms with Gasteiger partial charge in [0.2, 0.25) is 0 Å². The Kier molecular flexibility index (Phi) is 5.17. The summed E-state index contributed by atoms with van der Waals surface area (Å²) in [5.74, 6) is -0.874. The van der Waals surface area contributed by atoms with Gasteiger partial charge < -0.3 is 10.1 Å². The maximum absolute atomic E-state index is 11.9. The summed E-state index contributed by atoms with van der Waals surface area (Å²) in [4.78, 5) is 23.7. The molecule has 0 fully saturated rings. The first-order valence-corrected chi connectivity index (χ1v) is 8.55. The van der Waals surface area contributed by atoms with Crippen LogP contribution in [0.25, 0.3) is 11.0 Å². The van der Waals surface area contributed by atoms with Crippen LogP contribution in [0, 0.1) is 0 Å². The summed E-state index contributed by atoms with van der Waals surface area (Å²) in [5, 5.41) is 2.68. The number of anilines is 1. The summed E-state index contributed by atoms with van der Waals surface area (Å²) >= 11 is 4.40. The average Bonchev–Trinajstić information content (AvgIpc) is 3.05. The smallest absolute Gasteiger partial charge is 0.310 e. The van der Waals surface area contributed by atoms with Gasteiger partial charge in [-0.05, 0) is 29.8 Å². The molecule has 0 aliphatic rings. The monoisotopic (exact) mass is 405 g/mol. The van der Waals surface area contributed by atoms with Crippen LogP contribution in [-0.4, -0.2) is 27.2 Å². The highest BCUT2D eigenvalue weighted by atomic mass is 79.9. The number of fused-ring (bicyclic) bond motifs is 1. The van der Waals surface area contributed by atoms with Crippen LogP contribution in [0.4, 0.5) is 5.69 Å². The molecule has 1 N–H and O–H groups in total. The van der Waals surface area contributed by atoms with Crippen LogP contribution >= 0.6 is 27.7 Å². The predicted octanol–water partition coefficient (Wildman–Crippen LogP) is 3.18. The van der Waals surface area contributed by atoms with Crippen LogP contribution < -0.4 is 5.32 Å². The highest BCUT2D eigenvalue weighted by molar-refractivity contribution is 9.10. The largest absolute Gasteiger partial charge is 0.455 e. The van der Waals surface area contributed by atoms with Crippen molar-refractivity contribution < 1.29 is 14.3 Å². The SMILES string of the molecule is O=C(COC(=O)Cc1ccc(Br)cc1)Nc1cccc2nsnc12. The van der Waals surface area contributed by atoms with Gasteiger partial charge in [-0.2, -0.15) is 8.75 Å². The Morgan fingerprint density at radius 2 is 1.92 bits per heavy atom. The van der Waals surface area contributed by atoms with E-state index in [1.165, 1.54) is 0 Å². The van der Waals surface area contributed by atoms with Crippen LogP contribution in [0.3, 0.4) is 0 Å². The zero-order valence-electron chi connectivity index (χ0n) is 12.4. The lowest BCUT2D eigenvalue weighted by atomic mass is 10.2. The number of amides is 1. The van der Waals surface area contributed by atoms with Crippen LogP contribution in [0.1, 0.15) is 5.56 Å². The molecule has 8 heteroatoms. The highest BCUT2D eigenvalue weighted by Gasteiger charge is 2.11. The van der Waals surface area contributed by atoms with Gasteiger partial charge in [-0.15, -0.1) is 0 Å². The van der Waals surface area contributed by atoms with Gasteiger partial charge in [0.25, 0.3) is 5.91 Å². The second-order valence-corrected chi connectivity index (χ2v) is 6.39. The quantitative estimate of drug-likeness (QED) is 0.659. The molecule has 0 atom stereocenters. The molecular weight excluding hydrogens is 394 g/mol. The van der Waals surface area contributed by atoms with Crippen LogP contribution in [0.5, 0.6) is 0 Å². The first kappa shape index (κ1) is 16.5. The molecule has 24 heavy (non-hydrogen) atoms. The van der Waals surface area contributed by atoms with Gasteiger partial charge in [-0.3, -0.25) is 9.59 Å². The van der Waals surface area contributed by atoms with Crippen molar-refractivity contribution in [2.24, 2.45) is 0 Å². The number of halogens is 1. The van der Waals surface area contributed by atoms with E-state index < -0.39 is 11.9 Å². The summed E-state index contributed by atoms with van der Waals surface area (Å²) in [6.07, 6.45) is 0.117. The van der Waals surface area contributed by atoms with Gasteiger partial charge in [0.05, 0.1) is 23.8 Å². The lowest BCUT2D eigenvalue weighted by Gasteiger charge is -2.07. The van der Waals surface area contributed by atoms with E-state index >= 15 is 0 Å². The Balaban J connectivity index is 1.53. The van der Waals surface area contributed by atoms with Crippen molar-refractivity contribution >= 4 is 56.3 Å². The zero-order valence-corrected chi connectivity index (χ0v) is 14.8. The predicted molar refractivity (Wildman–Crippen MR) is 94.8 cm³/mol. The van der Waals surface area contributed by atoms with E-state index in [0.717, 1.165) is 21.8 Å². The van der Waals surface area contributed by atoms with Crippen LogP contribution in [0.2, 0.25) is 0 Å². The van der Waals surface area contributed by atoms with E-state index in [-0.39, 0.29) is 13.0 Å². The maximum atomic E-state index is 11.9. The van der Waals surface area contributed by atoms with Crippen LogP contribution in [-0.2, 0) is 20.7 Å². The fraction of sp³-hybridized carbons (Fsp3) is 0.125. The normalized spacial score (nSPS) is 10.5. The van der Waals surface area contributed by atoms with Gasteiger partial charge >= 0.3 is 5.97 Å². The molecule has 0 bridgehead atoms. The van der Waals surface area contributed by atoms with Crippen molar-refractivity contribution in [1.82, 2.24) is 8.75 Å². The fourth-order valence-corrected chi connectivity index (χ4v) is 2.87. The Hall–Kier alpha value is -2.32. The lowest BCUT2D eigenvalue weighted by Crippen LogP contribution is -2.21. The molecule has 0 saturated heterocycles. The number of ether oxygens (including phenoxy) is 1. The standard InChI is InChI=1S/C16H12BrN3O3S/c17-11-6-4-10(5-7-11)8-15(22)23-9-14(21)18-12-2-1-3-13-16(12)20-24-19-13/h1-7H,8-9H2,(H,18,21). The molecular formula is C16H12BrN3O3S. The molecule has 0 radical (unpaired) electrons. The molecule has 2 aromatic carbocycles. The van der Waals surface area contributed by atoms with Crippen molar-refractivity contribution in [3.05, 3.63) is 52.5 Å². The fourth-order valence-electron chi connectivity index (χ4n) is 2.06. The zero-order chi connectivity index (χ0) is 16.9. The van der Waals surface area contributed by atoms with Crippen molar-refractivity contribution in [1.29, 1.82) is 0 Å². The summed E-state index contributed by atoms with van der Waals surface area (Å²) in [6, 6.07) is 12.6. The van der Waals surface area contributed by atoms with E-state index in [9.17, 15) is 9.59 Å². The van der Waals surface area contributed by atoms with Crippen molar-refractivity contribution in [3.8, 4) is 0 Å². The number of hydrogen-bond acceptors (Lipinski definition) is 6. The van der Waals surface area contributed by atoms with E-state index in [0.29, 0.717) is 16.7 Å². The van der Waals surface area contributed by atoms with Crippen molar-refractivity contribution in [2.75, 3.05) is 11.9 Å². The summed E-state index contributed by atoms with van der Waals surface area (Å²) < 4.78 is 14.2. The Bertz CT molecular complexity index is 880. The van der Waals surface area contributed by atoms with Crippen molar-refractivity contribution in [2.45, 2.75) is 6.42 Å². The second kappa shape index (κ2) is 7.50. The first-order chi connectivity index (χ1) is 11.6. The molecule has 0 aliphatic heterocycles. The minimum Gasteiger partial charge on any atom is -0.455 e. The number of nitrogens with zero attached hydrogens (tertiary/aromatic N) is 2. The topological polar surface area (TPSA) is 81.2 Å². The number of aromatic nitrogens is 2. The third-order valence-electron chi connectivity index (χ3n) is 3.19. The number of rotatable bonds is 5. The minimum absolute atomic E-state index is 0.117. The summed E-state index contributed by atoms with van der Waals surface area (Å²) in [6.45, 7) is -0.344. The number of hydrogen-bond donors (Lipinski definition) is 1. The molecule has 1 amide bonds. The third-order valence-corrected chi connectivity index (χ3v) is 4.26. The van der Waals surface area contributed by atoms with E-state index in [1.807, 2.05) is 30.3 Å². The van der Waals surface area contributed by atoms with Gasteiger partial charge in [0.1, 0.15) is 11.0 Å². The number of carbonyl (C=O) groups excluding carboxylic acids is 2. The molecule has 6 nitrogen and oxygen atoms in total. The molecule has 0 saturated carbocycles. The summed E-state index contributed by atoms with van der Waals surface area (Å²) in [7, 11) is 0. The Morgan fingerprint density at radius 3 is 2.71 bits per heavy atom. The molecule has 3 aromatic rings. The Labute approximate surface area is 150 Å². The van der Waals surface area contributed by atoms with Gasteiger partial charge in [-0.25, -0.2) is 0 Å². The number of carbonyl (C=O) groups is 2. The molecule has 1 aromatic heterocycles. The van der Waals surface area contributed by atoms with E-state index in [4.69, 9.17) is 4.74 Å². The first-order valence-electron chi connectivity index (χ1n) is 7.03. The van der Waals surface area contributed by atoms with Gasteiger partial charge in [-0.1, -0.05) is 34.1 Å². The Morgan fingerprint density at radius 1 is 1.12 bits per heavy atom. The molecule has 122 valence electrons. The van der Waals surface area contributed by atoms with E-state index in [2.05, 4.69) is 30.0 Å². The lowest BCUT2D eigenvalue weighted by molar-refractivity contribution is -0.146. The third kappa shape index (κ3) is 4.15. The van der Waals surface area contributed by atoms with E-state index in [1.54, 1.807) is 12.1 Å². The minimum atomic E-state index is -0.457. The second-order valence-electron chi connectivity index (χ2n) is 4.95. The van der Waals surface area contributed by atoms with Gasteiger partial charge in [0.15, 0.2) is 6.61 Å². The number of esters is 1. The highest BCUT2D eigenvalue weighted by Crippen LogP contribution is 2.20. The average molecular weight is 406 g/mol. The maximum Gasteiger partial charge on any atom is 0.310 e. The van der Waals surface area contributed by atoms with Crippen LogP contribution in [0.15, 0.2) is 46.9 Å². The van der Waals surface area contributed by atoms with Crippen molar-refractivity contribution in [3.63, 3.8) is 0 Å². The molecule has 1 heterocycles. The number of benzene rings is 2. The molecule has 0 spiro atoms. The number of nitrogens with one attached hydrogen (secondary N) is 1. The molecule has 0 aliphatic carbocycles.